The number of hydrogen-bond donors (Lipinski definition) is 2. The molecule has 2 heterocycles. The highest BCUT2D eigenvalue weighted by molar-refractivity contribution is 7.08. The minimum absolute atomic E-state index is 0.0898. The van der Waals surface area contributed by atoms with Crippen molar-refractivity contribution in [1.82, 2.24) is 5.32 Å². The Balaban J connectivity index is 1.95. The molecule has 1 aromatic heterocycles. The van der Waals surface area contributed by atoms with Crippen LogP contribution in [0.15, 0.2) is 29.0 Å². The molecule has 0 aliphatic carbocycles. The maximum Gasteiger partial charge on any atom is 0.228 e. The molecule has 4 heteroatoms. The van der Waals surface area contributed by atoms with Gasteiger partial charge in [0, 0.05) is 5.69 Å². The monoisotopic (exact) mass is 300 g/mol. The number of carbonyl (C=O) groups is 1. The number of nitrogens with one attached hydrogen (secondary N) is 2. The Kier molecular flexibility index (Phi) is 4.08. The van der Waals surface area contributed by atoms with E-state index in [4.69, 9.17) is 0 Å². The molecule has 0 fully saturated rings. The summed E-state index contributed by atoms with van der Waals surface area (Å²) in [5, 5.41) is 10.9. The third kappa shape index (κ3) is 2.87. The highest BCUT2D eigenvalue weighted by Gasteiger charge is 2.21. The first kappa shape index (κ1) is 14.3. The van der Waals surface area contributed by atoms with Crippen molar-refractivity contribution in [3.05, 3.63) is 51.2 Å². The summed E-state index contributed by atoms with van der Waals surface area (Å²) in [6.45, 7) is 5.31. The number of aryl methyl sites for hydroxylation is 1. The molecule has 1 unspecified atom stereocenters. The summed E-state index contributed by atoms with van der Waals surface area (Å²) in [7, 11) is 0. The number of thiophene rings is 1. The Morgan fingerprint density at radius 2 is 2.24 bits per heavy atom. The lowest BCUT2D eigenvalue weighted by Crippen LogP contribution is -2.23. The van der Waals surface area contributed by atoms with Gasteiger partial charge >= 0.3 is 0 Å². The Hall–Kier alpha value is -1.65. The third-order valence-corrected chi connectivity index (χ3v) is 4.77. The van der Waals surface area contributed by atoms with Crippen LogP contribution in [0.4, 0.5) is 5.69 Å². The van der Waals surface area contributed by atoms with Crippen molar-refractivity contribution in [2.24, 2.45) is 0 Å². The summed E-state index contributed by atoms with van der Waals surface area (Å²) in [5.41, 5.74) is 5.96. The summed E-state index contributed by atoms with van der Waals surface area (Å²) in [6.07, 6.45) is 1.59. The zero-order chi connectivity index (χ0) is 14.8. The maximum atomic E-state index is 11.5. The third-order valence-electron chi connectivity index (χ3n) is 3.89. The predicted octanol–water partition coefficient (Wildman–Crippen LogP) is 3.64. The minimum Gasteiger partial charge on any atom is -0.326 e. The van der Waals surface area contributed by atoms with Gasteiger partial charge in [-0.25, -0.2) is 0 Å². The van der Waals surface area contributed by atoms with Gasteiger partial charge in [-0.1, -0.05) is 19.1 Å². The summed E-state index contributed by atoms with van der Waals surface area (Å²) in [5.74, 6) is 0.0898. The van der Waals surface area contributed by atoms with Crippen LogP contribution in [0.25, 0.3) is 0 Å². The van der Waals surface area contributed by atoms with E-state index in [-0.39, 0.29) is 11.9 Å². The van der Waals surface area contributed by atoms with Gasteiger partial charge in [-0.05, 0) is 59.0 Å². The second-order valence-electron chi connectivity index (χ2n) is 5.54. The second-order valence-corrected chi connectivity index (χ2v) is 6.28. The highest BCUT2D eigenvalue weighted by atomic mass is 32.1. The van der Waals surface area contributed by atoms with E-state index in [2.05, 4.69) is 47.4 Å². The number of amides is 1. The number of rotatable bonds is 5. The fraction of sp³-hybridized carbons (Fsp3) is 0.353. The fourth-order valence-corrected chi connectivity index (χ4v) is 3.67. The van der Waals surface area contributed by atoms with Crippen molar-refractivity contribution in [3.8, 4) is 0 Å². The van der Waals surface area contributed by atoms with E-state index < -0.39 is 0 Å². The minimum atomic E-state index is 0.0898. The average molecular weight is 300 g/mol. The Morgan fingerprint density at radius 3 is 2.95 bits per heavy atom. The van der Waals surface area contributed by atoms with Crippen LogP contribution >= 0.6 is 11.3 Å². The first-order chi connectivity index (χ1) is 10.2. The maximum absolute atomic E-state index is 11.5. The van der Waals surface area contributed by atoms with Crippen molar-refractivity contribution >= 4 is 22.9 Å². The van der Waals surface area contributed by atoms with Gasteiger partial charge < -0.3 is 10.6 Å². The molecule has 1 atom stereocenters. The molecule has 0 saturated heterocycles. The standard InChI is InChI=1S/C17H20N2OS/c1-3-6-18-17(14-10-21-9-11(14)2)12-4-5-15-13(7-12)8-16(20)19-15/h4-5,7,9-10,17-18H,3,6,8H2,1-2H3,(H,19,20). The van der Waals surface area contributed by atoms with Crippen molar-refractivity contribution < 1.29 is 4.79 Å². The van der Waals surface area contributed by atoms with Crippen molar-refractivity contribution in [2.75, 3.05) is 11.9 Å². The molecule has 0 spiro atoms. The predicted molar refractivity (Wildman–Crippen MR) is 88.0 cm³/mol. The summed E-state index contributed by atoms with van der Waals surface area (Å²) >= 11 is 1.74. The fourth-order valence-electron chi connectivity index (χ4n) is 2.79. The van der Waals surface area contributed by atoms with Gasteiger partial charge in [0.25, 0.3) is 0 Å². The zero-order valence-electron chi connectivity index (χ0n) is 12.4. The molecule has 1 aliphatic rings. The number of carbonyl (C=O) groups excluding carboxylic acids is 1. The molecule has 21 heavy (non-hydrogen) atoms. The molecule has 1 aromatic carbocycles. The van der Waals surface area contributed by atoms with E-state index >= 15 is 0 Å². The highest BCUT2D eigenvalue weighted by Crippen LogP contribution is 2.31. The van der Waals surface area contributed by atoms with Gasteiger partial charge in [-0.15, -0.1) is 0 Å². The number of hydrogen-bond acceptors (Lipinski definition) is 3. The molecule has 0 saturated carbocycles. The number of benzene rings is 1. The van der Waals surface area contributed by atoms with Gasteiger partial charge in [-0.2, -0.15) is 11.3 Å². The largest absolute Gasteiger partial charge is 0.326 e. The molecule has 2 N–H and O–H groups in total. The van der Waals surface area contributed by atoms with Crippen LogP contribution in [0.2, 0.25) is 0 Å². The van der Waals surface area contributed by atoms with Crippen LogP contribution in [0.3, 0.4) is 0 Å². The van der Waals surface area contributed by atoms with E-state index in [0.29, 0.717) is 6.42 Å². The smallest absolute Gasteiger partial charge is 0.228 e. The quantitative estimate of drug-likeness (QED) is 0.885. The van der Waals surface area contributed by atoms with Gasteiger partial charge in [0.05, 0.1) is 12.5 Å². The summed E-state index contributed by atoms with van der Waals surface area (Å²) in [4.78, 5) is 11.5. The number of fused-ring (bicyclic) bond motifs is 1. The second kappa shape index (κ2) is 6.00. The van der Waals surface area contributed by atoms with Crippen LogP contribution < -0.4 is 10.6 Å². The molecule has 1 aliphatic heterocycles. The summed E-state index contributed by atoms with van der Waals surface area (Å²) < 4.78 is 0. The van der Waals surface area contributed by atoms with Gasteiger partial charge in [0.2, 0.25) is 5.91 Å². The molecular weight excluding hydrogens is 280 g/mol. The molecule has 1 amide bonds. The topological polar surface area (TPSA) is 41.1 Å². The van der Waals surface area contributed by atoms with Gasteiger partial charge in [0.1, 0.15) is 0 Å². The van der Waals surface area contributed by atoms with Crippen LogP contribution in [0.5, 0.6) is 0 Å². The van der Waals surface area contributed by atoms with Crippen molar-refractivity contribution in [1.29, 1.82) is 0 Å². The molecular formula is C17H20N2OS. The lowest BCUT2D eigenvalue weighted by molar-refractivity contribution is -0.115. The molecule has 2 aromatic rings. The lowest BCUT2D eigenvalue weighted by atomic mass is 9.96. The summed E-state index contributed by atoms with van der Waals surface area (Å²) in [6, 6.07) is 6.52. The molecule has 3 nitrogen and oxygen atoms in total. The molecule has 3 rings (SSSR count). The van der Waals surface area contributed by atoms with Crippen LogP contribution in [0, 0.1) is 6.92 Å². The van der Waals surface area contributed by atoms with Crippen LogP contribution in [-0.4, -0.2) is 12.5 Å². The Bertz CT molecular complexity index is 663. The lowest BCUT2D eigenvalue weighted by Gasteiger charge is -2.20. The van der Waals surface area contributed by atoms with Crippen LogP contribution in [0.1, 0.15) is 41.6 Å². The zero-order valence-corrected chi connectivity index (χ0v) is 13.2. The van der Waals surface area contributed by atoms with E-state index in [9.17, 15) is 4.79 Å². The Labute approximate surface area is 129 Å². The SMILES string of the molecule is CCCNC(c1ccc2c(c1)CC(=O)N2)c1cscc1C. The van der Waals surface area contributed by atoms with E-state index in [0.717, 1.165) is 24.2 Å². The van der Waals surface area contributed by atoms with E-state index in [1.165, 1.54) is 16.7 Å². The molecule has 0 bridgehead atoms. The van der Waals surface area contributed by atoms with E-state index in [1.54, 1.807) is 11.3 Å². The van der Waals surface area contributed by atoms with Gasteiger partial charge in [0.15, 0.2) is 0 Å². The van der Waals surface area contributed by atoms with Crippen molar-refractivity contribution in [3.63, 3.8) is 0 Å². The van der Waals surface area contributed by atoms with E-state index in [1.807, 2.05) is 6.07 Å². The Morgan fingerprint density at radius 1 is 1.38 bits per heavy atom. The molecule has 110 valence electrons. The average Bonchev–Trinajstić information content (AvgIpc) is 3.04. The van der Waals surface area contributed by atoms with Crippen LogP contribution in [-0.2, 0) is 11.2 Å². The first-order valence-electron chi connectivity index (χ1n) is 7.37. The number of anilines is 1. The normalized spacial score (nSPS) is 14.9. The van der Waals surface area contributed by atoms with Gasteiger partial charge in [-0.3, -0.25) is 4.79 Å². The molecule has 0 radical (unpaired) electrons. The van der Waals surface area contributed by atoms with Crippen molar-refractivity contribution in [2.45, 2.75) is 32.7 Å². The first-order valence-corrected chi connectivity index (χ1v) is 8.32.